The van der Waals surface area contributed by atoms with E-state index in [1.54, 1.807) is 12.1 Å². The molecule has 3 amide bonds. The molecule has 8 nitrogen and oxygen atoms in total. The van der Waals surface area contributed by atoms with Gasteiger partial charge in [-0.05, 0) is 37.0 Å². The fourth-order valence-electron chi connectivity index (χ4n) is 5.69. The fourth-order valence-corrected chi connectivity index (χ4v) is 6.01. The van der Waals surface area contributed by atoms with Crippen LogP contribution in [0, 0.1) is 18.8 Å². The van der Waals surface area contributed by atoms with Crippen molar-refractivity contribution in [2.45, 2.75) is 37.8 Å². The number of hydrogen-bond donors (Lipinski definition) is 3. The Balaban J connectivity index is 1.55. The van der Waals surface area contributed by atoms with Gasteiger partial charge in [0, 0.05) is 24.6 Å². The van der Waals surface area contributed by atoms with Crippen LogP contribution in [0.15, 0.2) is 42.5 Å². The van der Waals surface area contributed by atoms with Crippen LogP contribution in [0.5, 0.6) is 0 Å². The van der Waals surface area contributed by atoms with Gasteiger partial charge in [0.25, 0.3) is 0 Å². The second-order valence-corrected chi connectivity index (χ2v) is 9.59. The van der Waals surface area contributed by atoms with Crippen molar-refractivity contribution in [1.29, 1.82) is 0 Å². The van der Waals surface area contributed by atoms with E-state index in [1.165, 1.54) is 4.90 Å². The number of nitrogens with zero attached hydrogens (tertiary/aromatic N) is 1. The summed E-state index contributed by atoms with van der Waals surface area (Å²) in [7, 11) is 0. The third-order valence-electron chi connectivity index (χ3n) is 7.15. The van der Waals surface area contributed by atoms with Crippen molar-refractivity contribution in [3.63, 3.8) is 0 Å². The van der Waals surface area contributed by atoms with E-state index in [0.717, 1.165) is 11.1 Å². The minimum Gasteiger partial charge on any atom is -0.481 e. The number of carboxylic acid groups (broad SMARTS) is 1. The summed E-state index contributed by atoms with van der Waals surface area (Å²) in [5.74, 6) is -4.06. The molecule has 0 aromatic heterocycles. The molecule has 4 atom stereocenters. The zero-order valence-electron chi connectivity index (χ0n) is 18.5. The molecule has 5 rings (SSSR count). The summed E-state index contributed by atoms with van der Waals surface area (Å²) in [6.45, 7) is 2.03. The number of halogens is 1. The maximum Gasteiger partial charge on any atom is 0.303 e. The Morgan fingerprint density at radius 3 is 2.59 bits per heavy atom. The van der Waals surface area contributed by atoms with Gasteiger partial charge in [-0.3, -0.25) is 29.4 Å². The average Bonchev–Trinajstić information content (AvgIpc) is 3.37. The van der Waals surface area contributed by atoms with E-state index >= 15 is 0 Å². The number of carbonyl (C=O) groups is 4. The van der Waals surface area contributed by atoms with Crippen LogP contribution in [0.1, 0.15) is 29.5 Å². The molecule has 3 aliphatic heterocycles. The molecular weight excluding hydrogens is 458 g/mol. The summed E-state index contributed by atoms with van der Waals surface area (Å²) in [6, 6.07) is 12.4. The van der Waals surface area contributed by atoms with Crippen molar-refractivity contribution < 1.29 is 24.3 Å². The quantitative estimate of drug-likeness (QED) is 0.546. The molecule has 0 unspecified atom stereocenters. The molecule has 2 aromatic carbocycles. The smallest absolute Gasteiger partial charge is 0.303 e. The van der Waals surface area contributed by atoms with Crippen molar-refractivity contribution in [2.75, 3.05) is 11.9 Å². The SMILES string of the molecule is Cc1cc(Cl)c2c(c1)[C@]1(N[C@@H](CCC(=O)O)[C@H]3C(=O)N(CCc4ccccc4)C(=O)[C@H]31)C(=O)N2. The number of hydrogen-bond acceptors (Lipinski definition) is 5. The number of likely N-dealkylation sites (tertiary alicyclic amines) is 1. The van der Waals surface area contributed by atoms with Crippen molar-refractivity contribution in [3.8, 4) is 0 Å². The average molecular weight is 482 g/mol. The third-order valence-corrected chi connectivity index (χ3v) is 7.45. The molecule has 3 N–H and O–H groups in total. The number of nitrogens with one attached hydrogen (secondary N) is 2. The van der Waals surface area contributed by atoms with Gasteiger partial charge >= 0.3 is 5.97 Å². The Bertz CT molecular complexity index is 1220. The van der Waals surface area contributed by atoms with Crippen LogP contribution in [0.2, 0.25) is 5.02 Å². The van der Waals surface area contributed by atoms with E-state index < -0.39 is 41.2 Å². The maximum absolute atomic E-state index is 13.7. The minimum atomic E-state index is -1.48. The summed E-state index contributed by atoms with van der Waals surface area (Å²) < 4.78 is 0. The van der Waals surface area contributed by atoms with E-state index in [-0.39, 0.29) is 25.3 Å². The Hall–Kier alpha value is -3.23. The van der Waals surface area contributed by atoms with Crippen molar-refractivity contribution in [3.05, 3.63) is 64.2 Å². The van der Waals surface area contributed by atoms with Gasteiger partial charge in [-0.1, -0.05) is 48.0 Å². The van der Waals surface area contributed by atoms with Gasteiger partial charge in [0.05, 0.1) is 22.5 Å². The molecule has 3 aliphatic rings. The number of fused-ring (bicyclic) bond motifs is 4. The Morgan fingerprint density at radius 1 is 1.15 bits per heavy atom. The minimum absolute atomic E-state index is 0.117. The van der Waals surface area contributed by atoms with E-state index in [1.807, 2.05) is 37.3 Å². The monoisotopic (exact) mass is 481 g/mol. The first-order valence-electron chi connectivity index (χ1n) is 11.2. The standard InChI is InChI=1S/C25H24ClN3O5/c1-13-11-15-21(16(26)12-13)27-24(34)25(15)20-19(17(28-25)7-8-18(30)31)22(32)29(23(20)33)10-9-14-5-3-2-4-6-14/h2-6,11-12,17,19-20,28H,7-10H2,1H3,(H,27,34)(H,30,31)/t17-,19+,20-,25+/m0/s1. The number of carboxylic acids is 1. The largest absolute Gasteiger partial charge is 0.481 e. The molecule has 3 heterocycles. The van der Waals surface area contributed by atoms with Crippen LogP contribution in [0.4, 0.5) is 5.69 Å². The van der Waals surface area contributed by atoms with Gasteiger partial charge in [0.1, 0.15) is 5.54 Å². The maximum atomic E-state index is 13.7. The molecule has 0 aliphatic carbocycles. The van der Waals surface area contributed by atoms with Gasteiger partial charge in [0.2, 0.25) is 17.7 Å². The summed E-state index contributed by atoms with van der Waals surface area (Å²) in [6.07, 6.45) is 0.420. The van der Waals surface area contributed by atoms with Crippen molar-refractivity contribution in [2.24, 2.45) is 11.8 Å². The summed E-state index contributed by atoms with van der Waals surface area (Å²) in [5.41, 5.74) is 1.27. The van der Waals surface area contributed by atoms with Gasteiger partial charge in [0.15, 0.2) is 0 Å². The summed E-state index contributed by atoms with van der Waals surface area (Å²) >= 11 is 6.41. The van der Waals surface area contributed by atoms with Gasteiger partial charge in [-0.15, -0.1) is 0 Å². The predicted molar refractivity (Wildman–Crippen MR) is 124 cm³/mol. The molecule has 2 aromatic rings. The lowest BCUT2D eigenvalue weighted by Gasteiger charge is -2.29. The normalized spacial score (nSPS) is 27.3. The number of amides is 3. The van der Waals surface area contributed by atoms with Crippen LogP contribution >= 0.6 is 11.6 Å². The number of carbonyl (C=O) groups excluding carboxylic acids is 3. The second kappa shape index (κ2) is 8.21. The fraction of sp³-hybridized carbons (Fsp3) is 0.360. The van der Waals surface area contributed by atoms with Crippen molar-refractivity contribution in [1.82, 2.24) is 10.2 Å². The van der Waals surface area contributed by atoms with E-state index in [2.05, 4.69) is 10.6 Å². The highest BCUT2D eigenvalue weighted by molar-refractivity contribution is 6.35. The zero-order chi connectivity index (χ0) is 24.2. The van der Waals surface area contributed by atoms with Gasteiger partial charge in [-0.25, -0.2) is 0 Å². The van der Waals surface area contributed by atoms with Crippen LogP contribution < -0.4 is 10.6 Å². The van der Waals surface area contributed by atoms with E-state index in [4.69, 9.17) is 11.6 Å². The van der Waals surface area contributed by atoms with Crippen LogP contribution in [0.3, 0.4) is 0 Å². The zero-order valence-corrected chi connectivity index (χ0v) is 19.3. The lowest BCUT2D eigenvalue weighted by atomic mass is 9.76. The third kappa shape index (κ3) is 3.32. The summed E-state index contributed by atoms with van der Waals surface area (Å²) in [5, 5.41) is 15.6. The summed E-state index contributed by atoms with van der Waals surface area (Å²) in [4.78, 5) is 53.2. The van der Waals surface area contributed by atoms with E-state index in [9.17, 15) is 24.3 Å². The molecule has 2 saturated heterocycles. The Morgan fingerprint density at radius 2 is 1.88 bits per heavy atom. The molecule has 0 saturated carbocycles. The first kappa shape index (κ1) is 22.6. The molecule has 2 fully saturated rings. The Labute approximate surface area is 201 Å². The van der Waals surface area contributed by atoms with Crippen molar-refractivity contribution >= 4 is 41.0 Å². The number of imide groups is 1. The number of benzene rings is 2. The van der Waals surface area contributed by atoms with Crippen LogP contribution in [-0.2, 0) is 31.1 Å². The highest BCUT2D eigenvalue weighted by Crippen LogP contribution is 2.54. The highest BCUT2D eigenvalue weighted by atomic mass is 35.5. The molecule has 176 valence electrons. The number of rotatable bonds is 6. The number of aliphatic carboxylic acids is 1. The van der Waals surface area contributed by atoms with Gasteiger partial charge in [-0.2, -0.15) is 0 Å². The lowest BCUT2D eigenvalue weighted by Crippen LogP contribution is -2.53. The first-order valence-corrected chi connectivity index (χ1v) is 11.6. The second-order valence-electron chi connectivity index (χ2n) is 9.18. The highest BCUT2D eigenvalue weighted by Gasteiger charge is 2.70. The number of anilines is 1. The molecular formula is C25H24ClN3O5. The van der Waals surface area contributed by atoms with Crippen LogP contribution in [0.25, 0.3) is 0 Å². The number of aryl methyl sites for hydroxylation is 1. The molecule has 34 heavy (non-hydrogen) atoms. The topological polar surface area (TPSA) is 116 Å². The molecule has 1 spiro atoms. The van der Waals surface area contributed by atoms with E-state index in [0.29, 0.717) is 22.7 Å². The predicted octanol–water partition coefficient (Wildman–Crippen LogP) is 2.48. The molecule has 0 radical (unpaired) electrons. The first-order chi connectivity index (χ1) is 16.2. The van der Waals surface area contributed by atoms with Crippen LogP contribution in [-0.4, -0.2) is 46.3 Å². The van der Waals surface area contributed by atoms with Gasteiger partial charge < -0.3 is 10.4 Å². The molecule has 9 heteroatoms. The Kier molecular flexibility index (Phi) is 5.45. The lowest BCUT2D eigenvalue weighted by molar-refractivity contribution is -0.143. The molecule has 0 bridgehead atoms.